The zero-order chi connectivity index (χ0) is 26.0. The van der Waals surface area contributed by atoms with Crippen molar-refractivity contribution in [3.63, 3.8) is 0 Å². The summed E-state index contributed by atoms with van der Waals surface area (Å²) < 4.78 is 29.1. The average molecular weight is 510 g/mol. The number of rotatable bonds is 7. The van der Waals surface area contributed by atoms with Crippen LogP contribution in [0.25, 0.3) is 22.0 Å². The van der Waals surface area contributed by atoms with E-state index < -0.39 is 16.0 Å². The lowest BCUT2D eigenvalue weighted by atomic mass is 10.1. The molecule has 0 aliphatic carbocycles. The number of nitrogens with zero attached hydrogens (tertiary/aromatic N) is 3. The number of carboxylic acids is 1. The Morgan fingerprint density at radius 1 is 0.865 bits per heavy atom. The van der Waals surface area contributed by atoms with Gasteiger partial charge in [-0.05, 0) is 54.3 Å². The van der Waals surface area contributed by atoms with Crippen LogP contribution in [0.2, 0.25) is 0 Å². The maximum absolute atomic E-state index is 13.9. The zero-order valence-corrected chi connectivity index (χ0v) is 20.8. The van der Waals surface area contributed by atoms with Crippen LogP contribution in [0.3, 0.4) is 0 Å². The Kier molecular flexibility index (Phi) is 6.42. The van der Waals surface area contributed by atoms with Gasteiger partial charge in [-0.2, -0.15) is 0 Å². The van der Waals surface area contributed by atoms with E-state index in [-0.39, 0.29) is 17.0 Å². The zero-order valence-electron chi connectivity index (χ0n) is 19.9. The number of anilines is 1. The van der Waals surface area contributed by atoms with Crippen LogP contribution in [0.5, 0.6) is 0 Å². The summed E-state index contributed by atoms with van der Waals surface area (Å²) in [6.45, 7) is 1.89. The molecule has 0 aliphatic rings. The monoisotopic (exact) mass is 509 g/mol. The number of fused-ring (bicyclic) bond motifs is 1. The van der Waals surface area contributed by atoms with E-state index in [2.05, 4.69) is 9.97 Å². The number of carboxylic acid groups (broad SMARTS) is 1. The average Bonchev–Trinajstić information content (AvgIpc) is 2.93. The fourth-order valence-electron chi connectivity index (χ4n) is 4.20. The first-order valence-electron chi connectivity index (χ1n) is 11.6. The molecule has 0 saturated heterocycles. The number of aromatic nitrogens is 2. The molecule has 5 aromatic rings. The number of aromatic carboxylic acids is 1. The number of aryl methyl sites for hydroxylation is 1. The van der Waals surface area contributed by atoms with Crippen molar-refractivity contribution < 1.29 is 18.3 Å². The summed E-state index contributed by atoms with van der Waals surface area (Å²) in [5, 5.41) is 11.0. The van der Waals surface area contributed by atoms with Crippen LogP contribution >= 0.6 is 0 Å². The molecule has 5 rings (SSSR count). The van der Waals surface area contributed by atoms with Crippen molar-refractivity contribution in [2.45, 2.75) is 18.4 Å². The van der Waals surface area contributed by atoms with Crippen LogP contribution in [-0.2, 0) is 16.6 Å². The van der Waals surface area contributed by atoms with Crippen LogP contribution < -0.4 is 4.31 Å². The minimum Gasteiger partial charge on any atom is -0.478 e. The summed E-state index contributed by atoms with van der Waals surface area (Å²) in [4.78, 5) is 20.2. The van der Waals surface area contributed by atoms with Crippen molar-refractivity contribution in [3.8, 4) is 11.3 Å². The molecule has 0 fully saturated rings. The first-order valence-corrected chi connectivity index (χ1v) is 13.0. The Bertz CT molecular complexity index is 1690. The van der Waals surface area contributed by atoms with E-state index in [1.54, 1.807) is 12.4 Å². The first-order chi connectivity index (χ1) is 17.8. The highest BCUT2D eigenvalue weighted by molar-refractivity contribution is 7.92. The van der Waals surface area contributed by atoms with Gasteiger partial charge in [-0.3, -0.25) is 4.98 Å². The first kappa shape index (κ1) is 24.1. The molecular formula is C29H23N3O4S. The highest BCUT2D eigenvalue weighted by Gasteiger charge is 2.28. The fourth-order valence-corrected chi connectivity index (χ4v) is 5.67. The summed E-state index contributed by atoms with van der Waals surface area (Å²) in [6, 6.07) is 26.1. The van der Waals surface area contributed by atoms with E-state index in [4.69, 9.17) is 0 Å². The normalized spacial score (nSPS) is 11.4. The third-order valence-electron chi connectivity index (χ3n) is 6.19. The van der Waals surface area contributed by atoms with E-state index in [0.29, 0.717) is 5.82 Å². The quantitative estimate of drug-likeness (QED) is 0.302. The Morgan fingerprint density at radius 3 is 2.24 bits per heavy atom. The van der Waals surface area contributed by atoms with Crippen molar-refractivity contribution in [2.75, 3.05) is 4.31 Å². The smallest absolute Gasteiger partial charge is 0.335 e. The van der Waals surface area contributed by atoms with Gasteiger partial charge in [0.25, 0.3) is 10.0 Å². The third-order valence-corrected chi connectivity index (χ3v) is 7.94. The molecule has 7 nitrogen and oxygen atoms in total. The Morgan fingerprint density at radius 2 is 1.57 bits per heavy atom. The topological polar surface area (TPSA) is 100 Å². The summed E-state index contributed by atoms with van der Waals surface area (Å²) >= 11 is 0. The molecule has 2 aromatic heterocycles. The third kappa shape index (κ3) is 4.79. The van der Waals surface area contributed by atoms with E-state index in [1.807, 2.05) is 73.7 Å². The van der Waals surface area contributed by atoms with Crippen LogP contribution in [0.1, 0.15) is 21.5 Å². The van der Waals surface area contributed by atoms with Crippen LogP contribution in [-0.4, -0.2) is 29.5 Å². The van der Waals surface area contributed by atoms with Gasteiger partial charge in [-0.25, -0.2) is 22.5 Å². The highest BCUT2D eigenvalue weighted by Crippen LogP contribution is 2.31. The van der Waals surface area contributed by atoms with Gasteiger partial charge < -0.3 is 5.11 Å². The van der Waals surface area contributed by atoms with Crippen molar-refractivity contribution in [1.29, 1.82) is 0 Å². The van der Waals surface area contributed by atoms with E-state index in [1.165, 1.54) is 28.6 Å². The van der Waals surface area contributed by atoms with Crippen molar-refractivity contribution in [1.82, 2.24) is 9.97 Å². The van der Waals surface area contributed by atoms with Gasteiger partial charge in [0.05, 0.1) is 22.7 Å². The molecule has 8 heteroatoms. The summed E-state index contributed by atoms with van der Waals surface area (Å²) in [5.74, 6) is -0.810. The van der Waals surface area contributed by atoms with Crippen LogP contribution in [0.15, 0.2) is 108 Å². The second-order valence-electron chi connectivity index (χ2n) is 8.55. The maximum atomic E-state index is 13.9. The van der Waals surface area contributed by atoms with Gasteiger partial charge in [0.2, 0.25) is 0 Å². The summed E-state index contributed by atoms with van der Waals surface area (Å²) in [7, 11) is -4.08. The molecule has 37 heavy (non-hydrogen) atoms. The van der Waals surface area contributed by atoms with E-state index in [9.17, 15) is 18.3 Å². The molecule has 0 saturated carbocycles. The largest absolute Gasteiger partial charge is 0.478 e. The summed E-state index contributed by atoms with van der Waals surface area (Å²) in [5.41, 5.74) is 3.25. The lowest BCUT2D eigenvalue weighted by Gasteiger charge is -2.26. The molecule has 0 spiro atoms. The van der Waals surface area contributed by atoms with Crippen molar-refractivity contribution in [2.24, 2.45) is 0 Å². The molecule has 0 aliphatic heterocycles. The van der Waals surface area contributed by atoms with Gasteiger partial charge in [-0.1, -0.05) is 54.6 Å². The fraction of sp³-hybridized carbons (Fsp3) is 0.0690. The standard InChI is InChI=1S/C29H23N3O4S/c1-20-26-7-3-2-6-24(26)18-31-28(20)32(37(35,36)25-15-13-23(14-16-25)29(33)34)19-21-9-11-22(12-10-21)27-8-4-5-17-30-27/h2-18H,19H2,1H3,(H,33,34). The minimum absolute atomic E-state index is 0.00983. The molecule has 2 heterocycles. The lowest BCUT2D eigenvalue weighted by Crippen LogP contribution is -2.32. The molecular weight excluding hydrogens is 486 g/mol. The second kappa shape index (κ2) is 9.83. The number of hydrogen-bond donors (Lipinski definition) is 1. The van der Waals surface area contributed by atoms with Gasteiger partial charge in [0.15, 0.2) is 0 Å². The van der Waals surface area contributed by atoms with Crippen LogP contribution in [0, 0.1) is 6.92 Å². The molecule has 1 N–H and O–H groups in total. The Hall–Kier alpha value is -4.56. The molecule has 0 amide bonds. The number of hydrogen-bond acceptors (Lipinski definition) is 5. The van der Waals surface area contributed by atoms with Crippen LogP contribution in [0.4, 0.5) is 5.82 Å². The molecule has 3 aromatic carbocycles. The van der Waals surface area contributed by atoms with Gasteiger partial charge in [0, 0.05) is 28.9 Å². The number of benzene rings is 3. The molecule has 0 bridgehead atoms. The molecule has 0 atom stereocenters. The van der Waals surface area contributed by atoms with E-state index in [0.717, 1.165) is 33.2 Å². The predicted molar refractivity (Wildman–Crippen MR) is 143 cm³/mol. The summed E-state index contributed by atoms with van der Waals surface area (Å²) in [6.07, 6.45) is 3.39. The number of sulfonamides is 1. The molecule has 184 valence electrons. The second-order valence-corrected chi connectivity index (χ2v) is 10.4. The van der Waals surface area contributed by atoms with Gasteiger partial charge >= 0.3 is 5.97 Å². The minimum atomic E-state index is -4.08. The number of carbonyl (C=O) groups is 1. The molecule has 0 unspecified atom stereocenters. The van der Waals surface area contributed by atoms with E-state index >= 15 is 0 Å². The Balaban J connectivity index is 1.59. The Labute approximate surface area is 214 Å². The van der Waals surface area contributed by atoms with Crippen molar-refractivity contribution in [3.05, 3.63) is 120 Å². The van der Waals surface area contributed by atoms with Crippen molar-refractivity contribution >= 4 is 32.6 Å². The highest BCUT2D eigenvalue weighted by atomic mass is 32.2. The van der Waals surface area contributed by atoms with Gasteiger partial charge in [-0.15, -0.1) is 0 Å². The SMILES string of the molecule is Cc1c(N(Cc2ccc(-c3ccccn3)cc2)S(=O)(=O)c2ccc(C(=O)O)cc2)ncc2ccccc12. The molecule has 0 radical (unpaired) electrons. The maximum Gasteiger partial charge on any atom is 0.335 e. The number of pyridine rings is 2. The van der Waals surface area contributed by atoms with Gasteiger partial charge in [0.1, 0.15) is 5.82 Å². The lowest BCUT2D eigenvalue weighted by molar-refractivity contribution is 0.0696. The predicted octanol–water partition coefficient (Wildman–Crippen LogP) is 5.70.